The normalized spacial score (nSPS) is 10.7. The number of amides is 2. The summed E-state index contributed by atoms with van der Waals surface area (Å²) in [5.74, 6) is -0.490. The van der Waals surface area contributed by atoms with Gasteiger partial charge in [0.15, 0.2) is 0 Å². The summed E-state index contributed by atoms with van der Waals surface area (Å²) in [7, 11) is 1.76. The van der Waals surface area contributed by atoms with Gasteiger partial charge >= 0.3 is 0 Å². The lowest BCUT2D eigenvalue weighted by molar-refractivity contribution is 0.0773. The van der Waals surface area contributed by atoms with E-state index < -0.39 is 0 Å². The molecule has 2 amide bonds. The maximum Gasteiger partial charge on any atom is 0.272 e. The fourth-order valence-electron chi connectivity index (χ4n) is 2.59. The lowest BCUT2D eigenvalue weighted by atomic mass is 10.2. The second-order valence-electron chi connectivity index (χ2n) is 6.23. The number of rotatable bonds is 8. The summed E-state index contributed by atoms with van der Waals surface area (Å²) in [5, 5.41) is 2.74. The van der Waals surface area contributed by atoms with Crippen molar-refractivity contribution < 1.29 is 9.59 Å². The highest BCUT2D eigenvalue weighted by Crippen LogP contribution is 2.17. The van der Waals surface area contributed by atoms with Crippen LogP contribution in [0.4, 0.5) is 11.4 Å². The van der Waals surface area contributed by atoms with E-state index in [0.29, 0.717) is 29.2 Å². The van der Waals surface area contributed by atoms with Crippen LogP contribution in [-0.2, 0) is 0 Å². The van der Waals surface area contributed by atoms with Crippen LogP contribution in [0, 0.1) is 0 Å². The molecule has 0 aliphatic rings. The summed E-state index contributed by atoms with van der Waals surface area (Å²) in [5.41, 5.74) is 7.53. The van der Waals surface area contributed by atoms with Crippen LogP contribution in [0.5, 0.6) is 0 Å². The molecule has 0 saturated heterocycles. The summed E-state index contributed by atoms with van der Waals surface area (Å²) >= 11 is 0. The van der Waals surface area contributed by atoms with E-state index in [2.05, 4.69) is 29.0 Å². The zero-order valence-corrected chi connectivity index (χ0v) is 16.1. The van der Waals surface area contributed by atoms with Crippen molar-refractivity contribution in [2.24, 2.45) is 0 Å². The third-order valence-corrected chi connectivity index (χ3v) is 4.45. The number of para-hydroxylation sites is 2. The topological polar surface area (TPSA) is 91.6 Å². The number of nitrogens with zero attached hydrogens (tertiary/aromatic N) is 3. The number of aromatic nitrogens is 1. The van der Waals surface area contributed by atoms with E-state index in [1.165, 1.54) is 6.20 Å². The standard InChI is InChI=1S/C20H27N5O2/c1-4-25(5-2)13-12-24(3)20(27)18-11-10-15(14-22-18)19(26)23-17-9-7-6-8-16(17)21/h6-11,14H,4-5,12-13,21H2,1-3H3,(H,23,26). The molecule has 0 fully saturated rings. The molecule has 27 heavy (non-hydrogen) atoms. The van der Waals surface area contributed by atoms with Crippen molar-refractivity contribution >= 4 is 23.2 Å². The maximum absolute atomic E-state index is 12.5. The van der Waals surface area contributed by atoms with Gasteiger partial charge in [-0.15, -0.1) is 0 Å². The number of nitrogens with one attached hydrogen (secondary N) is 1. The SMILES string of the molecule is CCN(CC)CCN(C)C(=O)c1ccc(C(=O)Nc2ccccc2N)cn1. The fourth-order valence-corrected chi connectivity index (χ4v) is 2.59. The Morgan fingerprint density at radius 1 is 1.07 bits per heavy atom. The zero-order valence-electron chi connectivity index (χ0n) is 16.1. The van der Waals surface area contributed by atoms with Crippen molar-refractivity contribution in [1.29, 1.82) is 0 Å². The van der Waals surface area contributed by atoms with Crippen molar-refractivity contribution in [3.8, 4) is 0 Å². The molecule has 3 N–H and O–H groups in total. The summed E-state index contributed by atoms with van der Waals surface area (Å²) in [6.07, 6.45) is 1.40. The maximum atomic E-state index is 12.5. The van der Waals surface area contributed by atoms with Gasteiger partial charge in [0.05, 0.1) is 16.9 Å². The highest BCUT2D eigenvalue weighted by Gasteiger charge is 2.15. The van der Waals surface area contributed by atoms with E-state index in [1.54, 1.807) is 48.3 Å². The van der Waals surface area contributed by atoms with E-state index in [4.69, 9.17) is 5.73 Å². The molecule has 1 aromatic heterocycles. The summed E-state index contributed by atoms with van der Waals surface area (Å²) in [6, 6.07) is 10.2. The second kappa shape index (κ2) is 9.68. The number of nitrogens with two attached hydrogens (primary N) is 1. The average Bonchev–Trinajstić information content (AvgIpc) is 2.69. The molecular weight excluding hydrogens is 342 g/mol. The average molecular weight is 369 g/mol. The third kappa shape index (κ3) is 5.52. The Morgan fingerprint density at radius 2 is 1.78 bits per heavy atom. The predicted molar refractivity (Wildman–Crippen MR) is 108 cm³/mol. The molecule has 0 radical (unpaired) electrons. The first-order chi connectivity index (χ1) is 13.0. The van der Waals surface area contributed by atoms with E-state index in [9.17, 15) is 9.59 Å². The first kappa shape index (κ1) is 20.4. The number of carbonyl (C=O) groups is 2. The minimum atomic E-state index is -0.325. The van der Waals surface area contributed by atoms with Gasteiger partial charge in [-0.1, -0.05) is 26.0 Å². The molecule has 7 nitrogen and oxygen atoms in total. The van der Waals surface area contributed by atoms with Gasteiger partial charge in [-0.2, -0.15) is 0 Å². The van der Waals surface area contributed by atoms with E-state index >= 15 is 0 Å². The smallest absolute Gasteiger partial charge is 0.272 e. The number of nitrogen functional groups attached to an aromatic ring is 1. The second-order valence-corrected chi connectivity index (χ2v) is 6.23. The van der Waals surface area contributed by atoms with Crippen molar-refractivity contribution in [2.45, 2.75) is 13.8 Å². The number of benzene rings is 1. The molecule has 1 heterocycles. The summed E-state index contributed by atoms with van der Waals surface area (Å²) in [6.45, 7) is 7.53. The molecule has 0 saturated carbocycles. The zero-order chi connectivity index (χ0) is 19.8. The molecule has 1 aromatic carbocycles. The summed E-state index contributed by atoms with van der Waals surface area (Å²) in [4.78, 5) is 32.8. The molecule has 0 atom stereocenters. The molecule has 0 bridgehead atoms. The van der Waals surface area contributed by atoms with Crippen LogP contribution >= 0.6 is 0 Å². The van der Waals surface area contributed by atoms with Gasteiger partial charge in [0.25, 0.3) is 11.8 Å². The van der Waals surface area contributed by atoms with Gasteiger partial charge < -0.3 is 20.9 Å². The minimum absolute atomic E-state index is 0.165. The van der Waals surface area contributed by atoms with Crippen molar-refractivity contribution in [3.05, 3.63) is 53.9 Å². The number of carbonyl (C=O) groups excluding carboxylic acids is 2. The molecule has 0 aliphatic heterocycles. The Balaban J connectivity index is 1.98. The third-order valence-electron chi connectivity index (χ3n) is 4.45. The summed E-state index contributed by atoms with van der Waals surface area (Å²) < 4.78 is 0. The van der Waals surface area contributed by atoms with Crippen molar-refractivity contribution in [2.75, 3.05) is 44.3 Å². The van der Waals surface area contributed by atoms with Crippen LogP contribution in [0.25, 0.3) is 0 Å². The molecule has 0 aliphatic carbocycles. The van der Waals surface area contributed by atoms with Crippen molar-refractivity contribution in [3.63, 3.8) is 0 Å². The largest absolute Gasteiger partial charge is 0.397 e. The lowest BCUT2D eigenvalue weighted by Gasteiger charge is -2.23. The Bertz CT molecular complexity index is 772. The quantitative estimate of drug-likeness (QED) is 0.697. The Hall–Kier alpha value is -2.93. The van der Waals surface area contributed by atoms with Gasteiger partial charge in [0.2, 0.25) is 0 Å². The van der Waals surface area contributed by atoms with Crippen LogP contribution in [-0.4, -0.2) is 59.8 Å². The lowest BCUT2D eigenvalue weighted by Crippen LogP contribution is -2.36. The number of hydrogen-bond acceptors (Lipinski definition) is 5. The first-order valence-corrected chi connectivity index (χ1v) is 9.06. The Morgan fingerprint density at radius 3 is 2.37 bits per heavy atom. The highest BCUT2D eigenvalue weighted by atomic mass is 16.2. The van der Waals surface area contributed by atoms with E-state index in [0.717, 1.165) is 19.6 Å². The fraction of sp³-hybridized carbons (Fsp3) is 0.350. The number of anilines is 2. The Kier molecular flexibility index (Phi) is 7.31. The van der Waals surface area contributed by atoms with Crippen LogP contribution in [0.2, 0.25) is 0 Å². The van der Waals surface area contributed by atoms with Crippen LogP contribution < -0.4 is 11.1 Å². The Labute approximate surface area is 160 Å². The van der Waals surface area contributed by atoms with Gasteiger partial charge in [-0.25, -0.2) is 0 Å². The molecule has 2 rings (SSSR count). The van der Waals surface area contributed by atoms with E-state index in [1.807, 2.05) is 0 Å². The first-order valence-electron chi connectivity index (χ1n) is 9.06. The molecular formula is C20H27N5O2. The van der Waals surface area contributed by atoms with Gasteiger partial charge in [-0.3, -0.25) is 14.6 Å². The minimum Gasteiger partial charge on any atom is -0.397 e. The molecule has 0 unspecified atom stereocenters. The molecule has 2 aromatic rings. The van der Waals surface area contributed by atoms with Crippen LogP contribution in [0.15, 0.2) is 42.6 Å². The molecule has 144 valence electrons. The predicted octanol–water partition coefficient (Wildman–Crippen LogP) is 2.33. The van der Waals surface area contributed by atoms with Gasteiger partial charge in [0.1, 0.15) is 5.69 Å². The van der Waals surface area contributed by atoms with Gasteiger partial charge in [-0.05, 0) is 37.4 Å². The number of hydrogen-bond donors (Lipinski definition) is 2. The molecule has 0 spiro atoms. The highest BCUT2D eigenvalue weighted by molar-refractivity contribution is 6.05. The number of pyridine rings is 1. The van der Waals surface area contributed by atoms with Crippen molar-refractivity contribution in [1.82, 2.24) is 14.8 Å². The molecule has 7 heteroatoms. The van der Waals surface area contributed by atoms with Crippen LogP contribution in [0.1, 0.15) is 34.7 Å². The number of likely N-dealkylation sites (N-methyl/N-ethyl adjacent to an activating group) is 2. The monoisotopic (exact) mass is 369 g/mol. The van der Waals surface area contributed by atoms with Gasteiger partial charge in [0, 0.05) is 26.3 Å². The van der Waals surface area contributed by atoms with E-state index in [-0.39, 0.29) is 11.8 Å². The van der Waals surface area contributed by atoms with Crippen LogP contribution in [0.3, 0.4) is 0 Å².